The van der Waals surface area contributed by atoms with Crippen molar-refractivity contribution >= 4 is 34.0 Å². The van der Waals surface area contributed by atoms with Gasteiger partial charge in [0.1, 0.15) is 11.2 Å². The highest BCUT2D eigenvalue weighted by atomic mass is 35.5. The van der Waals surface area contributed by atoms with E-state index in [0.29, 0.717) is 22.9 Å². The summed E-state index contributed by atoms with van der Waals surface area (Å²) in [5.41, 5.74) is 1.06. The minimum absolute atomic E-state index is 0.0523. The van der Waals surface area contributed by atoms with Crippen LogP contribution in [0.5, 0.6) is 0 Å². The van der Waals surface area contributed by atoms with Crippen molar-refractivity contribution in [1.82, 2.24) is 19.7 Å². The molecule has 0 aliphatic heterocycles. The largest absolute Gasteiger partial charge is 0.338 e. The van der Waals surface area contributed by atoms with Gasteiger partial charge in [0, 0.05) is 17.9 Å². The third-order valence-electron chi connectivity index (χ3n) is 5.55. The van der Waals surface area contributed by atoms with Crippen LogP contribution in [0.1, 0.15) is 31.7 Å². The maximum Gasteiger partial charge on any atom is 0.261 e. The van der Waals surface area contributed by atoms with Crippen LogP contribution in [-0.2, 0) is 0 Å². The van der Waals surface area contributed by atoms with Gasteiger partial charge in [0.2, 0.25) is 0 Å². The van der Waals surface area contributed by atoms with E-state index >= 15 is 0 Å². The number of H-pyrrole nitrogens is 1. The first kappa shape index (κ1) is 19.0. The van der Waals surface area contributed by atoms with Gasteiger partial charge in [-0.05, 0) is 64.0 Å². The summed E-state index contributed by atoms with van der Waals surface area (Å²) in [6, 6.07) is 7.12. The van der Waals surface area contributed by atoms with Crippen molar-refractivity contribution in [2.45, 2.75) is 37.8 Å². The molecule has 1 aliphatic rings. The molecule has 2 aromatic heterocycles. The monoisotopic (exact) mass is 403 g/mol. The van der Waals surface area contributed by atoms with Gasteiger partial charge < -0.3 is 15.2 Å². The molecule has 1 fully saturated rings. The molecule has 0 saturated heterocycles. The highest BCUT2D eigenvalue weighted by molar-refractivity contribution is 6.30. The van der Waals surface area contributed by atoms with Crippen molar-refractivity contribution in [2.75, 3.05) is 19.4 Å². The molecule has 3 aromatic rings. The molecule has 6 nitrogen and oxygen atoms in total. The Morgan fingerprint density at radius 1 is 1.25 bits per heavy atom. The number of hydrogen-bond donors (Lipinski definition) is 2. The number of aromatic amines is 1. The predicted molar refractivity (Wildman–Crippen MR) is 110 cm³/mol. The normalized spacial score (nSPS) is 20.0. The van der Waals surface area contributed by atoms with Crippen molar-refractivity contribution in [3.63, 3.8) is 0 Å². The minimum Gasteiger partial charge on any atom is -0.338 e. The van der Waals surface area contributed by atoms with E-state index in [1.807, 2.05) is 10.7 Å². The van der Waals surface area contributed by atoms with Crippen molar-refractivity contribution in [3.05, 3.63) is 51.7 Å². The molecule has 148 valence electrons. The topological polar surface area (TPSA) is 66.0 Å². The molecule has 1 aliphatic carbocycles. The molecule has 0 spiro atoms. The molecule has 0 radical (unpaired) electrons. The number of pyridine rings is 1. The zero-order valence-corrected chi connectivity index (χ0v) is 16.6. The fourth-order valence-corrected chi connectivity index (χ4v) is 4.11. The molecule has 0 unspecified atom stereocenters. The summed E-state index contributed by atoms with van der Waals surface area (Å²) < 4.78 is 15.8. The number of nitrogens with zero attached hydrogens (tertiary/aromatic N) is 3. The third-order valence-corrected chi connectivity index (χ3v) is 5.86. The van der Waals surface area contributed by atoms with Gasteiger partial charge in [0.15, 0.2) is 5.82 Å². The standard InChI is InChI=1S/C20H23ClFN5O/c1-26(2)13-4-6-14(7-5-13)27-17-9-10-23-20(28)18(17)19(25-27)24-12-3-8-15(21)16(22)11-12/h3,8-11,13-14H,4-7H2,1-2H3,(H,23,28)(H,24,25). The van der Waals surface area contributed by atoms with Gasteiger partial charge >= 0.3 is 0 Å². The molecule has 0 bridgehead atoms. The summed E-state index contributed by atoms with van der Waals surface area (Å²) in [5.74, 6) is -0.0976. The summed E-state index contributed by atoms with van der Waals surface area (Å²) in [7, 11) is 4.22. The van der Waals surface area contributed by atoms with Gasteiger partial charge in [-0.15, -0.1) is 0 Å². The minimum atomic E-state index is -0.522. The first-order valence-corrected chi connectivity index (χ1v) is 9.80. The number of halogens is 2. The van der Waals surface area contributed by atoms with E-state index in [-0.39, 0.29) is 16.6 Å². The summed E-state index contributed by atoms with van der Waals surface area (Å²) in [6.07, 6.45) is 5.82. The van der Waals surface area contributed by atoms with Crippen LogP contribution in [0, 0.1) is 5.82 Å². The van der Waals surface area contributed by atoms with E-state index in [0.717, 1.165) is 31.2 Å². The molecular weight excluding hydrogens is 381 g/mol. The van der Waals surface area contributed by atoms with E-state index in [2.05, 4.69) is 29.3 Å². The highest BCUT2D eigenvalue weighted by Gasteiger charge is 2.26. The molecule has 1 saturated carbocycles. The summed E-state index contributed by atoms with van der Waals surface area (Å²) in [4.78, 5) is 17.5. The van der Waals surface area contributed by atoms with E-state index < -0.39 is 5.82 Å². The van der Waals surface area contributed by atoms with E-state index in [4.69, 9.17) is 16.7 Å². The second-order valence-electron chi connectivity index (χ2n) is 7.54. The van der Waals surface area contributed by atoms with Gasteiger partial charge in [-0.3, -0.25) is 9.48 Å². The van der Waals surface area contributed by atoms with Crippen LogP contribution in [0.4, 0.5) is 15.9 Å². The van der Waals surface area contributed by atoms with Gasteiger partial charge in [-0.2, -0.15) is 5.10 Å². The number of nitrogens with one attached hydrogen (secondary N) is 2. The second kappa shape index (κ2) is 7.56. The van der Waals surface area contributed by atoms with Crippen LogP contribution < -0.4 is 10.9 Å². The van der Waals surface area contributed by atoms with Crippen molar-refractivity contribution < 1.29 is 4.39 Å². The quantitative estimate of drug-likeness (QED) is 0.681. The van der Waals surface area contributed by atoms with Crippen LogP contribution in [-0.4, -0.2) is 39.8 Å². The maximum atomic E-state index is 13.8. The van der Waals surface area contributed by atoms with Crippen LogP contribution >= 0.6 is 11.6 Å². The lowest BCUT2D eigenvalue weighted by Gasteiger charge is -2.32. The molecule has 0 amide bonds. The van der Waals surface area contributed by atoms with Gasteiger partial charge in [0.25, 0.3) is 5.56 Å². The number of hydrogen-bond acceptors (Lipinski definition) is 4. The molecule has 28 heavy (non-hydrogen) atoms. The first-order chi connectivity index (χ1) is 13.4. The molecule has 4 rings (SSSR count). The number of rotatable bonds is 4. The van der Waals surface area contributed by atoms with Gasteiger partial charge in [-0.1, -0.05) is 11.6 Å². The Bertz CT molecular complexity index is 1050. The molecule has 0 atom stereocenters. The number of anilines is 2. The highest BCUT2D eigenvalue weighted by Crippen LogP contribution is 2.34. The molecular formula is C20H23ClFN5O. The van der Waals surface area contributed by atoms with Gasteiger partial charge in [0.05, 0.1) is 16.6 Å². The lowest BCUT2D eigenvalue weighted by Crippen LogP contribution is -2.33. The number of fused-ring (bicyclic) bond motifs is 1. The van der Waals surface area contributed by atoms with Crippen LogP contribution in [0.3, 0.4) is 0 Å². The summed E-state index contributed by atoms with van der Waals surface area (Å²) >= 11 is 5.76. The second-order valence-corrected chi connectivity index (χ2v) is 7.95. The lowest BCUT2D eigenvalue weighted by atomic mass is 9.90. The Kier molecular flexibility index (Phi) is 5.12. The first-order valence-electron chi connectivity index (χ1n) is 9.42. The van der Waals surface area contributed by atoms with Crippen molar-refractivity contribution in [3.8, 4) is 0 Å². The average molecular weight is 404 g/mol. The van der Waals surface area contributed by atoms with Gasteiger partial charge in [-0.25, -0.2) is 4.39 Å². The SMILES string of the molecule is CN(C)C1CCC(n2nc(Nc3ccc(Cl)c(F)c3)c3c(=O)[nH]ccc32)CC1. The Morgan fingerprint density at radius 2 is 2.00 bits per heavy atom. The molecule has 2 heterocycles. The number of aromatic nitrogens is 3. The third kappa shape index (κ3) is 3.52. The van der Waals surface area contributed by atoms with Crippen molar-refractivity contribution in [2.24, 2.45) is 0 Å². The fourth-order valence-electron chi connectivity index (χ4n) is 4.00. The maximum absolute atomic E-state index is 13.8. The predicted octanol–water partition coefficient (Wildman–Crippen LogP) is 4.31. The summed E-state index contributed by atoms with van der Waals surface area (Å²) in [6.45, 7) is 0. The van der Waals surface area contributed by atoms with Crippen LogP contribution in [0.15, 0.2) is 35.3 Å². The average Bonchev–Trinajstić information content (AvgIpc) is 3.04. The number of benzene rings is 1. The van der Waals surface area contributed by atoms with E-state index in [1.54, 1.807) is 12.3 Å². The smallest absolute Gasteiger partial charge is 0.261 e. The zero-order valence-electron chi connectivity index (χ0n) is 15.9. The van der Waals surface area contributed by atoms with Crippen LogP contribution in [0.2, 0.25) is 5.02 Å². The zero-order chi connectivity index (χ0) is 19.8. The lowest BCUT2D eigenvalue weighted by molar-refractivity contribution is 0.191. The fraction of sp³-hybridized carbons (Fsp3) is 0.400. The van der Waals surface area contributed by atoms with E-state index in [9.17, 15) is 9.18 Å². The van der Waals surface area contributed by atoms with Crippen molar-refractivity contribution in [1.29, 1.82) is 0 Å². The Labute approximate surface area is 167 Å². The Balaban J connectivity index is 1.70. The molecule has 2 N–H and O–H groups in total. The van der Waals surface area contributed by atoms with Crippen LogP contribution in [0.25, 0.3) is 10.9 Å². The molecule has 1 aromatic carbocycles. The van der Waals surface area contributed by atoms with E-state index in [1.165, 1.54) is 12.1 Å². The molecule has 8 heteroatoms. The Hall–Kier alpha value is -2.38. The summed E-state index contributed by atoms with van der Waals surface area (Å²) in [5, 5.41) is 8.32. The Morgan fingerprint density at radius 3 is 2.68 bits per heavy atom.